The fraction of sp³-hybridized carbons (Fsp3) is 0.263. The smallest absolute Gasteiger partial charge is 0.210 e. The first-order valence-corrected chi connectivity index (χ1v) is 7.86. The molecule has 23 heavy (non-hydrogen) atoms. The number of piperazine rings is 1. The molecule has 1 aliphatic heterocycles. The number of carbonyl (C=O) groups is 2. The summed E-state index contributed by atoms with van der Waals surface area (Å²) in [4.78, 5) is 26.2. The van der Waals surface area contributed by atoms with Crippen molar-refractivity contribution in [2.45, 2.75) is 12.0 Å². The van der Waals surface area contributed by atoms with E-state index in [-0.39, 0.29) is 11.7 Å². The van der Waals surface area contributed by atoms with E-state index in [0.29, 0.717) is 13.1 Å². The van der Waals surface area contributed by atoms with E-state index in [0.717, 1.165) is 24.1 Å². The summed E-state index contributed by atoms with van der Waals surface area (Å²) in [6, 6.07) is 19.1. The number of hydrogen-bond acceptors (Lipinski definition) is 3. The minimum Gasteiger partial charge on any atom is -0.333 e. The molecular weight excluding hydrogens is 288 g/mol. The Morgan fingerprint density at radius 3 is 2.13 bits per heavy atom. The Kier molecular flexibility index (Phi) is 4.83. The minimum absolute atomic E-state index is 0.0571. The summed E-state index contributed by atoms with van der Waals surface area (Å²) in [7, 11) is 0. The van der Waals surface area contributed by atoms with Gasteiger partial charge < -0.3 is 10.2 Å². The first kappa shape index (κ1) is 15.4. The first-order valence-electron chi connectivity index (χ1n) is 7.86. The van der Waals surface area contributed by atoms with Crippen molar-refractivity contribution in [2.24, 2.45) is 0 Å². The van der Waals surface area contributed by atoms with Gasteiger partial charge in [0.05, 0.1) is 5.92 Å². The Balaban J connectivity index is 1.98. The molecule has 0 saturated carbocycles. The van der Waals surface area contributed by atoms with E-state index in [2.05, 4.69) is 5.32 Å². The topological polar surface area (TPSA) is 49.4 Å². The number of ketones is 1. The Morgan fingerprint density at radius 1 is 1.04 bits per heavy atom. The number of hydrogen-bond donors (Lipinski definition) is 1. The molecule has 4 nitrogen and oxygen atoms in total. The van der Waals surface area contributed by atoms with Gasteiger partial charge in [-0.05, 0) is 11.1 Å². The molecule has 1 atom stereocenters. The van der Waals surface area contributed by atoms with Crippen LogP contribution in [0.1, 0.15) is 17.0 Å². The van der Waals surface area contributed by atoms with Crippen molar-refractivity contribution in [3.63, 3.8) is 0 Å². The lowest BCUT2D eigenvalue weighted by atomic mass is 9.84. The molecule has 0 spiro atoms. The molecule has 0 bridgehead atoms. The third-order valence-corrected chi connectivity index (χ3v) is 4.30. The number of benzene rings is 2. The van der Waals surface area contributed by atoms with Crippen LogP contribution in [0.2, 0.25) is 0 Å². The number of Topliss-reactive ketones (excluding diaryl/α,β-unsaturated/α-hetero) is 1. The van der Waals surface area contributed by atoms with Gasteiger partial charge in [-0.3, -0.25) is 9.59 Å². The quantitative estimate of drug-likeness (QED) is 0.857. The maximum Gasteiger partial charge on any atom is 0.210 e. The Labute approximate surface area is 136 Å². The van der Waals surface area contributed by atoms with E-state index in [1.54, 1.807) is 4.90 Å². The van der Waals surface area contributed by atoms with Crippen LogP contribution in [-0.2, 0) is 9.59 Å². The summed E-state index contributed by atoms with van der Waals surface area (Å²) in [5.41, 5.74) is 1.92. The summed E-state index contributed by atoms with van der Waals surface area (Å²) in [5.74, 6) is -0.300. The van der Waals surface area contributed by atoms with Crippen LogP contribution in [-0.4, -0.2) is 42.8 Å². The highest BCUT2D eigenvalue weighted by Gasteiger charge is 2.34. The molecule has 1 saturated heterocycles. The van der Waals surface area contributed by atoms with E-state index in [1.807, 2.05) is 60.7 Å². The molecule has 3 rings (SSSR count). The standard InChI is InChI=1S/C19H20N2O2/c22-14-21-12-11-20-13-17(21)19(23)18(15-7-3-1-4-8-15)16-9-5-2-6-10-16/h1-10,14,17-18,20H,11-13H2. The molecule has 0 aromatic heterocycles. The summed E-state index contributed by atoms with van der Waals surface area (Å²) >= 11 is 0. The highest BCUT2D eigenvalue weighted by molar-refractivity contribution is 5.94. The molecule has 118 valence electrons. The lowest BCUT2D eigenvalue weighted by molar-refractivity contribution is -0.132. The summed E-state index contributed by atoms with van der Waals surface area (Å²) in [6.45, 7) is 1.80. The van der Waals surface area contributed by atoms with E-state index < -0.39 is 6.04 Å². The average Bonchev–Trinajstić information content (AvgIpc) is 2.63. The van der Waals surface area contributed by atoms with Gasteiger partial charge in [0.2, 0.25) is 6.41 Å². The predicted octanol–water partition coefficient (Wildman–Crippen LogP) is 1.82. The molecule has 1 amide bonds. The maximum atomic E-state index is 13.2. The van der Waals surface area contributed by atoms with Crippen LogP contribution in [0.3, 0.4) is 0 Å². The maximum absolute atomic E-state index is 13.2. The molecule has 2 aromatic carbocycles. The van der Waals surface area contributed by atoms with Crippen molar-refractivity contribution in [3.8, 4) is 0 Å². The summed E-state index contributed by atoms with van der Waals surface area (Å²) in [6.07, 6.45) is 0.788. The second-order valence-electron chi connectivity index (χ2n) is 5.72. The summed E-state index contributed by atoms with van der Waals surface area (Å²) in [5, 5.41) is 3.22. The minimum atomic E-state index is -0.424. The first-order chi connectivity index (χ1) is 11.3. The number of nitrogens with zero attached hydrogens (tertiary/aromatic N) is 1. The van der Waals surface area contributed by atoms with Gasteiger partial charge in [0, 0.05) is 19.6 Å². The van der Waals surface area contributed by atoms with E-state index in [1.165, 1.54) is 0 Å². The lowest BCUT2D eigenvalue weighted by Gasteiger charge is -2.34. The van der Waals surface area contributed by atoms with Gasteiger partial charge in [-0.25, -0.2) is 0 Å². The van der Waals surface area contributed by atoms with E-state index >= 15 is 0 Å². The van der Waals surface area contributed by atoms with Crippen molar-refractivity contribution < 1.29 is 9.59 Å². The molecule has 1 aliphatic rings. The number of carbonyl (C=O) groups excluding carboxylic acids is 2. The third-order valence-electron chi connectivity index (χ3n) is 4.30. The van der Waals surface area contributed by atoms with Crippen molar-refractivity contribution >= 4 is 12.2 Å². The van der Waals surface area contributed by atoms with Crippen LogP contribution in [0.4, 0.5) is 0 Å². The molecule has 0 aliphatic carbocycles. The normalized spacial score (nSPS) is 18.0. The fourth-order valence-corrected chi connectivity index (χ4v) is 3.11. The van der Waals surface area contributed by atoms with E-state index in [4.69, 9.17) is 0 Å². The van der Waals surface area contributed by atoms with Gasteiger partial charge in [-0.1, -0.05) is 60.7 Å². The third kappa shape index (κ3) is 3.32. The van der Waals surface area contributed by atoms with Gasteiger partial charge in [0.25, 0.3) is 0 Å². The van der Waals surface area contributed by atoms with Gasteiger partial charge in [-0.15, -0.1) is 0 Å². The molecule has 1 N–H and O–H groups in total. The molecule has 4 heteroatoms. The summed E-state index contributed by atoms with van der Waals surface area (Å²) < 4.78 is 0. The molecule has 1 unspecified atom stereocenters. The number of nitrogens with one attached hydrogen (secondary N) is 1. The van der Waals surface area contributed by atoms with Crippen molar-refractivity contribution in [1.29, 1.82) is 0 Å². The monoisotopic (exact) mass is 308 g/mol. The Bertz CT molecular complexity index is 618. The zero-order valence-electron chi connectivity index (χ0n) is 12.9. The van der Waals surface area contributed by atoms with Crippen LogP contribution in [0.25, 0.3) is 0 Å². The highest BCUT2D eigenvalue weighted by atomic mass is 16.1. The molecule has 2 aromatic rings. The molecular formula is C19H20N2O2. The zero-order chi connectivity index (χ0) is 16.1. The lowest BCUT2D eigenvalue weighted by Crippen LogP contribution is -2.55. The van der Waals surface area contributed by atoms with Crippen molar-refractivity contribution in [1.82, 2.24) is 10.2 Å². The van der Waals surface area contributed by atoms with Gasteiger partial charge in [-0.2, -0.15) is 0 Å². The largest absolute Gasteiger partial charge is 0.333 e. The predicted molar refractivity (Wildman–Crippen MR) is 89.2 cm³/mol. The van der Waals surface area contributed by atoms with Gasteiger partial charge in [0.15, 0.2) is 5.78 Å². The number of amides is 1. The van der Waals surface area contributed by atoms with Crippen LogP contribution < -0.4 is 5.32 Å². The zero-order valence-corrected chi connectivity index (χ0v) is 12.9. The SMILES string of the molecule is O=CN1CCNCC1C(=O)C(c1ccccc1)c1ccccc1. The van der Waals surface area contributed by atoms with Gasteiger partial charge >= 0.3 is 0 Å². The molecule has 0 radical (unpaired) electrons. The van der Waals surface area contributed by atoms with Crippen LogP contribution in [0.5, 0.6) is 0 Å². The van der Waals surface area contributed by atoms with Crippen LogP contribution >= 0.6 is 0 Å². The Morgan fingerprint density at radius 2 is 1.61 bits per heavy atom. The second-order valence-corrected chi connectivity index (χ2v) is 5.72. The highest BCUT2D eigenvalue weighted by Crippen LogP contribution is 2.28. The van der Waals surface area contributed by atoms with Crippen molar-refractivity contribution in [2.75, 3.05) is 19.6 Å². The van der Waals surface area contributed by atoms with Crippen LogP contribution in [0.15, 0.2) is 60.7 Å². The second kappa shape index (κ2) is 7.20. The average molecular weight is 308 g/mol. The van der Waals surface area contributed by atoms with Crippen LogP contribution in [0, 0.1) is 0 Å². The molecule has 1 fully saturated rings. The fourth-order valence-electron chi connectivity index (χ4n) is 3.11. The van der Waals surface area contributed by atoms with Crippen molar-refractivity contribution in [3.05, 3.63) is 71.8 Å². The molecule has 1 heterocycles. The van der Waals surface area contributed by atoms with Gasteiger partial charge in [0.1, 0.15) is 6.04 Å². The van der Waals surface area contributed by atoms with E-state index in [9.17, 15) is 9.59 Å². The number of rotatable bonds is 5. The Hall–Kier alpha value is -2.46.